The second-order valence-corrected chi connectivity index (χ2v) is 4.76. The molecule has 0 unspecified atom stereocenters. The van der Waals surface area contributed by atoms with E-state index in [4.69, 9.17) is 9.84 Å². The summed E-state index contributed by atoms with van der Waals surface area (Å²) in [7, 11) is 1.55. The molecule has 1 rings (SSSR count). The molecule has 0 aliphatic heterocycles. The largest absolute Gasteiger partial charge is 0.481 e. The van der Waals surface area contributed by atoms with Crippen molar-refractivity contribution < 1.29 is 14.6 Å². The van der Waals surface area contributed by atoms with Gasteiger partial charge in [-0.25, -0.2) is 9.97 Å². The van der Waals surface area contributed by atoms with Crippen LogP contribution < -0.4 is 10.1 Å². The van der Waals surface area contributed by atoms with Crippen molar-refractivity contribution in [3.63, 3.8) is 0 Å². The fraction of sp³-hybridized carbons (Fsp3) is 0.583. The summed E-state index contributed by atoms with van der Waals surface area (Å²) in [5.41, 5.74) is 0.450. The Bertz CT molecular complexity index is 433. The number of nitrogens with one attached hydrogen (secondary N) is 1. The molecular formula is C12H19N3O3. The Morgan fingerprint density at radius 3 is 2.72 bits per heavy atom. The van der Waals surface area contributed by atoms with E-state index in [1.54, 1.807) is 7.11 Å². The Morgan fingerprint density at radius 2 is 2.17 bits per heavy atom. The Hall–Kier alpha value is -1.85. The van der Waals surface area contributed by atoms with Crippen LogP contribution in [0.4, 0.5) is 5.82 Å². The topological polar surface area (TPSA) is 84.3 Å². The summed E-state index contributed by atoms with van der Waals surface area (Å²) in [6, 6.07) is 0. The molecule has 0 aliphatic rings. The minimum absolute atomic E-state index is 0.112. The Balaban J connectivity index is 2.80. The van der Waals surface area contributed by atoms with Crippen molar-refractivity contribution in [3.05, 3.63) is 11.9 Å². The molecule has 1 aromatic rings. The summed E-state index contributed by atoms with van der Waals surface area (Å²) in [5.74, 6) is 0.376. The van der Waals surface area contributed by atoms with Gasteiger partial charge < -0.3 is 15.2 Å². The lowest BCUT2D eigenvalue weighted by atomic mass is 9.98. The van der Waals surface area contributed by atoms with Gasteiger partial charge in [-0.05, 0) is 27.2 Å². The fourth-order valence-corrected chi connectivity index (χ4v) is 1.57. The number of methoxy groups -OCH3 is 1. The number of anilines is 1. The van der Waals surface area contributed by atoms with Crippen LogP contribution in [0.2, 0.25) is 0 Å². The van der Waals surface area contributed by atoms with Gasteiger partial charge in [-0.2, -0.15) is 0 Å². The van der Waals surface area contributed by atoms with Crippen molar-refractivity contribution in [3.8, 4) is 5.88 Å². The lowest BCUT2D eigenvalue weighted by Crippen LogP contribution is -2.32. The van der Waals surface area contributed by atoms with Crippen LogP contribution in [0.3, 0.4) is 0 Å². The Labute approximate surface area is 106 Å². The van der Waals surface area contributed by atoms with E-state index >= 15 is 0 Å². The van der Waals surface area contributed by atoms with Gasteiger partial charge in [-0.3, -0.25) is 4.79 Å². The first-order valence-electron chi connectivity index (χ1n) is 5.71. The van der Waals surface area contributed by atoms with Crippen molar-refractivity contribution in [1.29, 1.82) is 0 Å². The quantitative estimate of drug-likeness (QED) is 0.804. The Morgan fingerprint density at radius 1 is 1.50 bits per heavy atom. The summed E-state index contributed by atoms with van der Waals surface area (Å²) in [4.78, 5) is 18.7. The van der Waals surface area contributed by atoms with Gasteiger partial charge in [0.1, 0.15) is 12.1 Å². The zero-order chi connectivity index (χ0) is 13.8. The van der Waals surface area contributed by atoms with E-state index in [1.165, 1.54) is 6.33 Å². The highest BCUT2D eigenvalue weighted by atomic mass is 16.5. The molecule has 0 radical (unpaired) electrons. The summed E-state index contributed by atoms with van der Waals surface area (Å²) >= 11 is 0. The number of nitrogens with zero attached hydrogens (tertiary/aromatic N) is 2. The smallest absolute Gasteiger partial charge is 0.303 e. The first-order chi connectivity index (χ1) is 8.35. The number of hydrogen-bond acceptors (Lipinski definition) is 5. The molecule has 0 saturated carbocycles. The number of ether oxygens (including phenoxy) is 1. The standard InChI is InChI=1S/C12H19N3O3/c1-8-10(13-7-14-11(8)18-4)15-12(2,3)6-5-9(16)17/h7H,5-6H2,1-4H3,(H,16,17)(H,13,14,15). The average Bonchev–Trinajstić information content (AvgIpc) is 2.29. The summed E-state index contributed by atoms with van der Waals surface area (Å²) in [6.07, 6.45) is 2.04. The van der Waals surface area contributed by atoms with Crippen molar-refractivity contribution >= 4 is 11.8 Å². The predicted molar refractivity (Wildman–Crippen MR) is 67.9 cm³/mol. The van der Waals surface area contributed by atoms with Crippen LogP contribution in [0, 0.1) is 6.92 Å². The van der Waals surface area contributed by atoms with Gasteiger partial charge in [0.2, 0.25) is 5.88 Å². The van der Waals surface area contributed by atoms with Crippen molar-refractivity contribution in [2.24, 2.45) is 0 Å². The highest BCUT2D eigenvalue weighted by molar-refractivity contribution is 5.67. The maximum absolute atomic E-state index is 10.6. The molecule has 6 heteroatoms. The number of carboxylic acid groups (broad SMARTS) is 1. The maximum atomic E-state index is 10.6. The van der Waals surface area contributed by atoms with E-state index in [0.717, 1.165) is 5.56 Å². The van der Waals surface area contributed by atoms with Crippen molar-refractivity contribution in [2.75, 3.05) is 12.4 Å². The first-order valence-corrected chi connectivity index (χ1v) is 5.71. The number of carboxylic acids is 1. The number of carbonyl (C=O) groups is 1. The molecule has 0 saturated heterocycles. The normalized spacial score (nSPS) is 11.1. The van der Waals surface area contributed by atoms with Crippen molar-refractivity contribution in [1.82, 2.24) is 9.97 Å². The summed E-state index contributed by atoms with van der Waals surface area (Å²) in [6.45, 7) is 5.72. The minimum Gasteiger partial charge on any atom is -0.481 e. The fourth-order valence-electron chi connectivity index (χ4n) is 1.57. The molecule has 1 heterocycles. The lowest BCUT2D eigenvalue weighted by molar-refractivity contribution is -0.137. The highest BCUT2D eigenvalue weighted by Crippen LogP contribution is 2.24. The molecule has 0 aromatic carbocycles. The van der Waals surface area contributed by atoms with E-state index in [-0.39, 0.29) is 12.0 Å². The van der Waals surface area contributed by atoms with Gasteiger partial charge in [0.05, 0.1) is 12.7 Å². The zero-order valence-electron chi connectivity index (χ0n) is 11.1. The van der Waals surface area contributed by atoms with Crippen LogP contribution in [0.25, 0.3) is 0 Å². The molecule has 18 heavy (non-hydrogen) atoms. The van der Waals surface area contributed by atoms with Crippen LogP contribution in [0.1, 0.15) is 32.3 Å². The summed E-state index contributed by atoms with van der Waals surface area (Å²) in [5, 5.41) is 11.9. The lowest BCUT2D eigenvalue weighted by Gasteiger charge is -2.27. The van der Waals surface area contributed by atoms with Gasteiger partial charge in [0, 0.05) is 12.0 Å². The van der Waals surface area contributed by atoms with Crippen LogP contribution in [-0.2, 0) is 4.79 Å². The Kier molecular flexibility index (Phi) is 4.47. The van der Waals surface area contributed by atoms with Gasteiger partial charge in [0.15, 0.2) is 0 Å². The number of hydrogen-bond donors (Lipinski definition) is 2. The molecular weight excluding hydrogens is 234 g/mol. The third-order valence-electron chi connectivity index (χ3n) is 2.65. The molecule has 0 spiro atoms. The molecule has 2 N–H and O–H groups in total. The van der Waals surface area contributed by atoms with Gasteiger partial charge in [0.25, 0.3) is 0 Å². The molecule has 0 bridgehead atoms. The molecule has 6 nitrogen and oxygen atoms in total. The second-order valence-electron chi connectivity index (χ2n) is 4.76. The average molecular weight is 253 g/mol. The third kappa shape index (κ3) is 3.87. The van der Waals surface area contributed by atoms with Gasteiger partial charge >= 0.3 is 5.97 Å². The van der Waals surface area contributed by atoms with E-state index < -0.39 is 5.97 Å². The van der Waals surface area contributed by atoms with E-state index in [9.17, 15) is 4.79 Å². The molecule has 0 fully saturated rings. The number of rotatable bonds is 6. The predicted octanol–water partition coefficient (Wildman–Crippen LogP) is 1.85. The monoisotopic (exact) mass is 253 g/mol. The van der Waals surface area contributed by atoms with E-state index in [2.05, 4.69) is 15.3 Å². The molecule has 100 valence electrons. The van der Waals surface area contributed by atoms with E-state index in [0.29, 0.717) is 18.1 Å². The van der Waals surface area contributed by atoms with Crippen LogP contribution in [0.5, 0.6) is 5.88 Å². The molecule has 1 aromatic heterocycles. The molecule has 0 aliphatic carbocycles. The van der Waals surface area contributed by atoms with E-state index in [1.807, 2.05) is 20.8 Å². The SMILES string of the molecule is COc1ncnc(NC(C)(C)CCC(=O)O)c1C. The van der Waals surface area contributed by atoms with Gasteiger partial charge in [-0.1, -0.05) is 0 Å². The highest BCUT2D eigenvalue weighted by Gasteiger charge is 2.21. The third-order valence-corrected chi connectivity index (χ3v) is 2.65. The zero-order valence-corrected chi connectivity index (χ0v) is 11.1. The minimum atomic E-state index is -0.804. The second kappa shape index (κ2) is 5.66. The van der Waals surface area contributed by atoms with Crippen LogP contribution in [0.15, 0.2) is 6.33 Å². The molecule has 0 amide bonds. The van der Waals surface area contributed by atoms with Crippen molar-refractivity contribution in [2.45, 2.75) is 39.2 Å². The molecule has 0 atom stereocenters. The maximum Gasteiger partial charge on any atom is 0.303 e. The van der Waals surface area contributed by atoms with Crippen LogP contribution in [-0.4, -0.2) is 33.7 Å². The van der Waals surface area contributed by atoms with Gasteiger partial charge in [-0.15, -0.1) is 0 Å². The number of aromatic nitrogens is 2. The van der Waals surface area contributed by atoms with Crippen LogP contribution >= 0.6 is 0 Å². The number of aliphatic carboxylic acids is 1. The first kappa shape index (κ1) is 14.2. The summed E-state index contributed by atoms with van der Waals surface area (Å²) < 4.78 is 5.11.